The first kappa shape index (κ1) is 12.1. The lowest BCUT2D eigenvalue weighted by molar-refractivity contribution is 0.0694. The van der Waals surface area contributed by atoms with Gasteiger partial charge in [0.05, 0.1) is 12.1 Å². The molecule has 0 aromatic carbocycles. The Bertz CT molecular complexity index is 544. The van der Waals surface area contributed by atoms with Crippen molar-refractivity contribution in [3.8, 4) is 11.8 Å². The maximum absolute atomic E-state index is 11.6. The minimum absolute atomic E-state index is 0.178. The highest BCUT2D eigenvalue weighted by atomic mass is 16.4. The van der Waals surface area contributed by atoms with Crippen molar-refractivity contribution >= 4 is 5.97 Å². The van der Waals surface area contributed by atoms with E-state index in [-0.39, 0.29) is 17.7 Å². The second-order valence-electron chi connectivity index (χ2n) is 3.44. The number of carbonyl (C=O) groups is 1. The summed E-state index contributed by atoms with van der Waals surface area (Å²) in [5.74, 6) is 4.41. The summed E-state index contributed by atoms with van der Waals surface area (Å²) in [4.78, 5) is 22.7. The largest absolute Gasteiger partial charge is 0.478 e. The summed E-state index contributed by atoms with van der Waals surface area (Å²) in [5, 5.41) is 9.04. The van der Waals surface area contributed by atoms with Gasteiger partial charge in [-0.2, -0.15) is 0 Å². The maximum atomic E-state index is 11.6. The molecule has 1 aromatic rings. The Morgan fingerprint density at radius 1 is 1.50 bits per heavy atom. The molecule has 0 fully saturated rings. The topological polar surface area (TPSA) is 59.3 Å². The van der Waals surface area contributed by atoms with Gasteiger partial charge in [-0.3, -0.25) is 4.79 Å². The Morgan fingerprint density at radius 3 is 2.62 bits per heavy atom. The molecule has 1 aromatic heterocycles. The van der Waals surface area contributed by atoms with Crippen LogP contribution in [0.5, 0.6) is 0 Å². The molecule has 0 atom stereocenters. The Labute approximate surface area is 93.5 Å². The van der Waals surface area contributed by atoms with E-state index in [1.54, 1.807) is 20.8 Å². The summed E-state index contributed by atoms with van der Waals surface area (Å²) in [7, 11) is 0. The number of carboxylic acid groups (broad SMARTS) is 1. The maximum Gasteiger partial charge on any atom is 0.337 e. The lowest BCUT2D eigenvalue weighted by Crippen LogP contribution is -2.25. The third kappa shape index (κ3) is 2.14. The number of nitrogens with zero attached hydrogens (tertiary/aromatic N) is 1. The average molecular weight is 219 g/mol. The van der Waals surface area contributed by atoms with E-state index < -0.39 is 5.97 Å². The fourth-order valence-electron chi connectivity index (χ4n) is 1.60. The lowest BCUT2D eigenvalue weighted by atomic mass is 10.1. The SMILES string of the molecule is CC#CCn1c(C)c(C(=O)O)c(C)cc1=O. The molecule has 0 saturated heterocycles. The quantitative estimate of drug-likeness (QED) is 0.760. The highest BCUT2D eigenvalue weighted by Gasteiger charge is 2.14. The van der Waals surface area contributed by atoms with Crippen LogP contribution in [-0.2, 0) is 6.54 Å². The van der Waals surface area contributed by atoms with Gasteiger partial charge in [0.2, 0.25) is 0 Å². The molecule has 0 bridgehead atoms. The minimum atomic E-state index is -1.02. The van der Waals surface area contributed by atoms with Crippen molar-refractivity contribution in [3.63, 3.8) is 0 Å². The Morgan fingerprint density at radius 2 is 2.12 bits per heavy atom. The van der Waals surface area contributed by atoms with Gasteiger partial charge in [-0.1, -0.05) is 5.92 Å². The Balaban J connectivity index is 3.49. The van der Waals surface area contributed by atoms with Crippen molar-refractivity contribution in [1.82, 2.24) is 4.57 Å². The molecule has 84 valence electrons. The highest BCUT2D eigenvalue weighted by Crippen LogP contribution is 2.10. The molecule has 0 spiro atoms. The summed E-state index contributed by atoms with van der Waals surface area (Å²) in [6.07, 6.45) is 0. The smallest absolute Gasteiger partial charge is 0.337 e. The number of aryl methyl sites for hydroxylation is 1. The molecule has 4 heteroatoms. The van der Waals surface area contributed by atoms with Crippen molar-refractivity contribution in [2.24, 2.45) is 0 Å². The first-order valence-corrected chi connectivity index (χ1v) is 4.83. The minimum Gasteiger partial charge on any atom is -0.478 e. The monoisotopic (exact) mass is 219 g/mol. The molecule has 1 heterocycles. The van der Waals surface area contributed by atoms with E-state index in [0.29, 0.717) is 11.3 Å². The van der Waals surface area contributed by atoms with Crippen LogP contribution < -0.4 is 5.56 Å². The zero-order valence-electron chi connectivity index (χ0n) is 9.50. The van der Waals surface area contributed by atoms with E-state index in [2.05, 4.69) is 11.8 Å². The Hall–Kier alpha value is -2.02. The van der Waals surface area contributed by atoms with Crippen LogP contribution in [0.2, 0.25) is 0 Å². The van der Waals surface area contributed by atoms with E-state index in [9.17, 15) is 9.59 Å². The van der Waals surface area contributed by atoms with Gasteiger partial charge in [0, 0.05) is 11.8 Å². The number of hydrogen-bond acceptors (Lipinski definition) is 2. The molecule has 0 aliphatic heterocycles. The predicted molar refractivity (Wildman–Crippen MR) is 60.6 cm³/mol. The van der Waals surface area contributed by atoms with Gasteiger partial charge in [-0.05, 0) is 26.3 Å². The van der Waals surface area contributed by atoms with Gasteiger partial charge in [0.1, 0.15) is 0 Å². The first-order valence-electron chi connectivity index (χ1n) is 4.83. The summed E-state index contributed by atoms with van der Waals surface area (Å²) < 4.78 is 1.37. The van der Waals surface area contributed by atoms with E-state index in [1.165, 1.54) is 10.6 Å². The standard InChI is InChI=1S/C12H13NO3/c1-4-5-6-13-9(3)11(12(15)16)8(2)7-10(13)14/h7H,6H2,1-3H3,(H,15,16). The third-order valence-electron chi connectivity index (χ3n) is 2.39. The predicted octanol–water partition coefficient (Wildman–Crippen LogP) is 1.19. The highest BCUT2D eigenvalue weighted by molar-refractivity contribution is 5.90. The molecule has 0 radical (unpaired) electrons. The van der Waals surface area contributed by atoms with Gasteiger partial charge >= 0.3 is 5.97 Å². The second-order valence-corrected chi connectivity index (χ2v) is 3.44. The average Bonchev–Trinajstić information content (AvgIpc) is 2.16. The van der Waals surface area contributed by atoms with E-state index in [4.69, 9.17) is 5.11 Å². The molecule has 0 saturated carbocycles. The Kier molecular flexibility index (Phi) is 3.51. The molecule has 16 heavy (non-hydrogen) atoms. The van der Waals surface area contributed by atoms with Crippen molar-refractivity contribution < 1.29 is 9.90 Å². The molecule has 0 aliphatic carbocycles. The van der Waals surface area contributed by atoms with Gasteiger partial charge < -0.3 is 9.67 Å². The number of aromatic carboxylic acids is 1. The summed E-state index contributed by atoms with van der Waals surface area (Å²) in [5.41, 5.74) is 0.885. The number of carboxylic acids is 1. The lowest BCUT2D eigenvalue weighted by Gasteiger charge is -2.11. The van der Waals surface area contributed by atoms with Crippen molar-refractivity contribution in [1.29, 1.82) is 0 Å². The molecule has 0 aliphatic rings. The normalized spacial score (nSPS) is 9.44. The zero-order chi connectivity index (χ0) is 12.3. The van der Waals surface area contributed by atoms with Gasteiger partial charge in [0.25, 0.3) is 5.56 Å². The van der Waals surface area contributed by atoms with E-state index >= 15 is 0 Å². The van der Waals surface area contributed by atoms with E-state index in [0.717, 1.165) is 0 Å². The molecule has 1 N–H and O–H groups in total. The van der Waals surface area contributed by atoms with Gasteiger partial charge in [0.15, 0.2) is 0 Å². The number of pyridine rings is 1. The summed E-state index contributed by atoms with van der Waals surface area (Å²) in [6.45, 7) is 5.14. The van der Waals surface area contributed by atoms with Crippen LogP contribution >= 0.6 is 0 Å². The fourth-order valence-corrected chi connectivity index (χ4v) is 1.60. The van der Waals surface area contributed by atoms with Crippen LogP contribution in [0.15, 0.2) is 10.9 Å². The van der Waals surface area contributed by atoms with Crippen molar-refractivity contribution in [2.75, 3.05) is 0 Å². The zero-order valence-corrected chi connectivity index (χ0v) is 9.50. The van der Waals surface area contributed by atoms with Crippen molar-refractivity contribution in [3.05, 3.63) is 33.2 Å². The molecular formula is C12H13NO3. The second kappa shape index (κ2) is 4.67. The van der Waals surface area contributed by atoms with Crippen LogP contribution in [0, 0.1) is 25.7 Å². The number of hydrogen-bond donors (Lipinski definition) is 1. The van der Waals surface area contributed by atoms with Gasteiger partial charge in [-0.25, -0.2) is 4.79 Å². The van der Waals surface area contributed by atoms with Crippen LogP contribution in [-0.4, -0.2) is 15.6 Å². The van der Waals surface area contributed by atoms with Crippen LogP contribution in [0.4, 0.5) is 0 Å². The number of rotatable bonds is 2. The third-order valence-corrected chi connectivity index (χ3v) is 2.39. The number of aromatic nitrogens is 1. The first-order chi connectivity index (χ1) is 7.49. The summed E-state index contributed by atoms with van der Waals surface area (Å²) in [6, 6.07) is 1.33. The van der Waals surface area contributed by atoms with Gasteiger partial charge in [-0.15, -0.1) is 5.92 Å². The molecule has 1 rings (SSSR count). The van der Waals surface area contributed by atoms with Crippen LogP contribution in [0.25, 0.3) is 0 Å². The van der Waals surface area contributed by atoms with Crippen molar-refractivity contribution in [2.45, 2.75) is 27.3 Å². The molecule has 4 nitrogen and oxygen atoms in total. The molecular weight excluding hydrogens is 206 g/mol. The fraction of sp³-hybridized carbons (Fsp3) is 0.333. The van der Waals surface area contributed by atoms with E-state index in [1.807, 2.05) is 0 Å². The summed E-state index contributed by atoms with van der Waals surface area (Å²) >= 11 is 0. The van der Waals surface area contributed by atoms with Crippen LogP contribution in [0.1, 0.15) is 28.5 Å². The molecule has 0 amide bonds. The van der Waals surface area contributed by atoms with Crippen LogP contribution in [0.3, 0.4) is 0 Å². The molecule has 0 unspecified atom stereocenters.